The van der Waals surface area contributed by atoms with Crippen molar-refractivity contribution in [1.29, 1.82) is 0 Å². The van der Waals surface area contributed by atoms with Crippen LogP contribution in [0.2, 0.25) is 0 Å². The van der Waals surface area contributed by atoms with Gasteiger partial charge in [-0.15, -0.1) is 0 Å². The maximum Gasteiger partial charge on any atom is 0.314 e. The van der Waals surface area contributed by atoms with Crippen molar-refractivity contribution in [2.75, 3.05) is 6.61 Å². The molecule has 1 heterocycles. The molecule has 3 rings (SSSR count). The molecule has 0 spiro atoms. The quantitative estimate of drug-likeness (QED) is 0.491. The van der Waals surface area contributed by atoms with E-state index >= 15 is 0 Å². The van der Waals surface area contributed by atoms with Gasteiger partial charge in [0.05, 0.1) is 17.4 Å². The molecule has 6 nitrogen and oxygen atoms in total. The Morgan fingerprint density at radius 2 is 2.04 bits per heavy atom. The molecule has 1 aromatic rings. The summed E-state index contributed by atoms with van der Waals surface area (Å²) in [7, 11) is 0. The minimum atomic E-state index is -0.412. The zero-order valence-corrected chi connectivity index (χ0v) is 14.7. The Balaban J connectivity index is 1.80. The molecule has 1 aliphatic carbocycles. The Hall–Kier alpha value is -2.28. The maximum atomic E-state index is 12.2. The lowest BCUT2D eigenvalue weighted by Gasteiger charge is -2.13. The van der Waals surface area contributed by atoms with Gasteiger partial charge in [0.15, 0.2) is 11.5 Å². The number of amides is 2. The van der Waals surface area contributed by atoms with Crippen LogP contribution in [0.25, 0.3) is 6.08 Å². The van der Waals surface area contributed by atoms with Crippen molar-refractivity contribution < 1.29 is 23.9 Å². The van der Waals surface area contributed by atoms with Crippen LogP contribution in [0.5, 0.6) is 11.5 Å². The summed E-state index contributed by atoms with van der Waals surface area (Å²) in [6, 6.07) is 5.08. The third-order valence-electron chi connectivity index (χ3n) is 4.11. The average Bonchev–Trinajstić information content (AvgIpc) is 3.20. The van der Waals surface area contributed by atoms with E-state index in [0.717, 1.165) is 37.4 Å². The number of rotatable bonds is 5. The summed E-state index contributed by atoms with van der Waals surface area (Å²) in [4.78, 5) is 35.4. The van der Waals surface area contributed by atoms with E-state index in [-0.39, 0.29) is 17.1 Å². The lowest BCUT2D eigenvalue weighted by molar-refractivity contribution is -0.138. The van der Waals surface area contributed by atoms with Gasteiger partial charge in [0.1, 0.15) is 0 Å². The lowest BCUT2D eigenvalue weighted by atomic mass is 10.1. The summed E-state index contributed by atoms with van der Waals surface area (Å²) < 4.78 is 11.1. The van der Waals surface area contributed by atoms with E-state index in [1.807, 2.05) is 6.92 Å². The molecule has 25 heavy (non-hydrogen) atoms. The van der Waals surface area contributed by atoms with E-state index in [0.29, 0.717) is 28.6 Å². The van der Waals surface area contributed by atoms with Gasteiger partial charge in [-0.25, -0.2) is 0 Å². The third kappa shape index (κ3) is 4.22. The molecule has 1 N–H and O–H groups in total. The van der Waals surface area contributed by atoms with Crippen molar-refractivity contribution in [3.8, 4) is 11.5 Å². The van der Waals surface area contributed by atoms with Gasteiger partial charge in [0, 0.05) is 0 Å². The van der Waals surface area contributed by atoms with Crippen molar-refractivity contribution >= 4 is 35.0 Å². The molecule has 0 atom stereocenters. The maximum absolute atomic E-state index is 12.2. The van der Waals surface area contributed by atoms with Crippen LogP contribution in [0.1, 0.15) is 38.2 Å². The van der Waals surface area contributed by atoms with E-state index in [1.54, 1.807) is 24.3 Å². The fourth-order valence-electron chi connectivity index (χ4n) is 2.89. The average molecular weight is 361 g/mol. The number of imide groups is 1. The molecule has 0 bridgehead atoms. The van der Waals surface area contributed by atoms with Crippen LogP contribution in [0.15, 0.2) is 23.1 Å². The van der Waals surface area contributed by atoms with Crippen molar-refractivity contribution in [3.05, 3.63) is 28.7 Å². The number of benzene rings is 1. The van der Waals surface area contributed by atoms with Crippen LogP contribution in [0, 0.1) is 5.92 Å². The SMILES string of the molecule is CCOc1cc(/C=C2\SC(=O)NC2=O)ccc1OC(=O)C1CCCC1. The van der Waals surface area contributed by atoms with Crippen molar-refractivity contribution in [2.45, 2.75) is 32.6 Å². The van der Waals surface area contributed by atoms with Gasteiger partial charge in [0.25, 0.3) is 11.1 Å². The molecule has 1 saturated heterocycles. The minimum Gasteiger partial charge on any atom is -0.490 e. The molecule has 2 fully saturated rings. The van der Waals surface area contributed by atoms with E-state index in [1.165, 1.54) is 0 Å². The zero-order valence-electron chi connectivity index (χ0n) is 13.9. The Kier molecular flexibility index (Phi) is 5.43. The molecule has 2 amide bonds. The first-order chi connectivity index (χ1) is 12.1. The Labute approximate surface area is 149 Å². The number of carbonyl (C=O) groups is 3. The Morgan fingerprint density at radius 3 is 2.68 bits per heavy atom. The number of hydrogen-bond donors (Lipinski definition) is 1. The van der Waals surface area contributed by atoms with Crippen LogP contribution < -0.4 is 14.8 Å². The first-order valence-corrected chi connectivity index (χ1v) is 9.12. The third-order valence-corrected chi connectivity index (χ3v) is 4.92. The van der Waals surface area contributed by atoms with E-state index < -0.39 is 5.91 Å². The summed E-state index contributed by atoms with van der Waals surface area (Å²) in [5.41, 5.74) is 0.691. The molecule has 0 unspecified atom stereocenters. The van der Waals surface area contributed by atoms with Gasteiger partial charge in [0.2, 0.25) is 0 Å². The summed E-state index contributed by atoms with van der Waals surface area (Å²) in [5.74, 6) is 0.143. The molecular formula is C18H19NO5S. The molecule has 1 saturated carbocycles. The number of carbonyl (C=O) groups excluding carboxylic acids is 3. The number of thioether (sulfide) groups is 1. The first kappa shape index (κ1) is 17.5. The first-order valence-electron chi connectivity index (χ1n) is 8.30. The van der Waals surface area contributed by atoms with Crippen molar-refractivity contribution in [1.82, 2.24) is 5.32 Å². The fourth-order valence-corrected chi connectivity index (χ4v) is 3.57. The van der Waals surface area contributed by atoms with Crippen LogP contribution in [-0.2, 0) is 9.59 Å². The van der Waals surface area contributed by atoms with Gasteiger partial charge < -0.3 is 9.47 Å². The van der Waals surface area contributed by atoms with Gasteiger partial charge in [-0.1, -0.05) is 18.9 Å². The normalized spacial score (nSPS) is 19.3. The smallest absolute Gasteiger partial charge is 0.314 e. The molecule has 0 radical (unpaired) electrons. The lowest BCUT2D eigenvalue weighted by Crippen LogP contribution is -2.18. The molecule has 2 aliphatic rings. The number of ether oxygens (including phenoxy) is 2. The highest BCUT2D eigenvalue weighted by molar-refractivity contribution is 8.18. The van der Waals surface area contributed by atoms with Gasteiger partial charge >= 0.3 is 5.97 Å². The molecule has 132 valence electrons. The number of hydrogen-bond acceptors (Lipinski definition) is 6. The highest BCUT2D eigenvalue weighted by Crippen LogP contribution is 2.33. The second kappa shape index (κ2) is 7.74. The van der Waals surface area contributed by atoms with Crippen molar-refractivity contribution in [3.63, 3.8) is 0 Å². The summed E-state index contributed by atoms with van der Waals surface area (Å²) in [6.45, 7) is 2.26. The molecule has 7 heteroatoms. The van der Waals surface area contributed by atoms with Crippen LogP contribution in [0.3, 0.4) is 0 Å². The summed E-state index contributed by atoms with van der Waals surface area (Å²) in [5, 5.41) is 1.83. The minimum absolute atomic E-state index is 0.0409. The standard InChI is InChI=1S/C18H19NO5S/c1-2-23-14-9-11(10-15-16(20)19-18(22)25-15)7-8-13(14)24-17(21)12-5-3-4-6-12/h7-10,12H,2-6H2,1H3,(H,19,20,22)/b15-10-. The predicted octanol–water partition coefficient (Wildman–Crippen LogP) is 3.50. The largest absolute Gasteiger partial charge is 0.490 e. The van der Waals surface area contributed by atoms with Crippen LogP contribution in [-0.4, -0.2) is 23.7 Å². The molecule has 1 aromatic carbocycles. The fraction of sp³-hybridized carbons (Fsp3) is 0.389. The highest BCUT2D eigenvalue weighted by Gasteiger charge is 2.26. The number of esters is 1. The zero-order chi connectivity index (χ0) is 17.8. The predicted molar refractivity (Wildman–Crippen MR) is 94.3 cm³/mol. The second-order valence-electron chi connectivity index (χ2n) is 5.89. The molecular weight excluding hydrogens is 342 g/mol. The van der Waals surface area contributed by atoms with Crippen LogP contribution >= 0.6 is 11.8 Å². The monoisotopic (exact) mass is 361 g/mol. The second-order valence-corrected chi connectivity index (χ2v) is 6.91. The van der Waals surface area contributed by atoms with Gasteiger partial charge in [-0.3, -0.25) is 19.7 Å². The Bertz CT molecular complexity index is 737. The van der Waals surface area contributed by atoms with Gasteiger partial charge in [-0.2, -0.15) is 0 Å². The van der Waals surface area contributed by atoms with E-state index in [4.69, 9.17) is 9.47 Å². The topological polar surface area (TPSA) is 81.7 Å². The summed E-state index contributed by atoms with van der Waals surface area (Å²) >= 11 is 0.855. The molecule has 1 aliphatic heterocycles. The Morgan fingerprint density at radius 1 is 1.28 bits per heavy atom. The van der Waals surface area contributed by atoms with E-state index in [2.05, 4.69) is 5.32 Å². The highest BCUT2D eigenvalue weighted by atomic mass is 32.2. The van der Waals surface area contributed by atoms with Crippen LogP contribution in [0.4, 0.5) is 4.79 Å². The molecule has 0 aromatic heterocycles. The summed E-state index contributed by atoms with van der Waals surface area (Å²) in [6.07, 6.45) is 5.46. The van der Waals surface area contributed by atoms with Crippen molar-refractivity contribution in [2.24, 2.45) is 5.92 Å². The van der Waals surface area contributed by atoms with Gasteiger partial charge in [-0.05, 0) is 55.3 Å². The van der Waals surface area contributed by atoms with E-state index in [9.17, 15) is 14.4 Å². The number of nitrogens with one attached hydrogen (secondary N) is 1.